The molecule has 0 bridgehead atoms. The first kappa shape index (κ1) is 8.57. The lowest BCUT2D eigenvalue weighted by Crippen LogP contribution is -1.90. The second-order valence-corrected chi connectivity index (χ2v) is 2.44. The van der Waals surface area contributed by atoms with Gasteiger partial charge in [-0.05, 0) is 19.1 Å². The molecule has 0 amide bonds. The largest absolute Gasteiger partial charge is 0.481 e. The van der Waals surface area contributed by atoms with Crippen LogP contribution >= 0.6 is 0 Å². The third kappa shape index (κ3) is 1.74. The van der Waals surface area contributed by atoms with E-state index in [2.05, 4.69) is 17.3 Å². The number of hydrogen-bond donors (Lipinski definition) is 0. The number of nitrogens with zero attached hydrogens (tertiary/aromatic N) is 1. The molecule has 0 fully saturated rings. The van der Waals surface area contributed by atoms with Gasteiger partial charge in [0.2, 0.25) is 5.88 Å². The highest BCUT2D eigenvalue weighted by Gasteiger charge is 1.98. The summed E-state index contributed by atoms with van der Waals surface area (Å²) in [6, 6.07) is 1.98. The summed E-state index contributed by atoms with van der Waals surface area (Å²) < 4.78 is 5.02. The maximum absolute atomic E-state index is 5.02. The van der Waals surface area contributed by atoms with E-state index in [0.29, 0.717) is 5.88 Å². The summed E-state index contributed by atoms with van der Waals surface area (Å²) in [5.74, 6) is 0.663. The van der Waals surface area contributed by atoms with Crippen LogP contribution in [-0.2, 0) is 0 Å². The average molecular weight is 161 g/mol. The number of pyridine rings is 1. The minimum Gasteiger partial charge on any atom is -0.481 e. The van der Waals surface area contributed by atoms with Crippen molar-refractivity contribution in [2.75, 3.05) is 7.11 Å². The minimum absolute atomic E-state index is 0.663. The Hall–Kier alpha value is -1.53. The fourth-order valence-electron chi connectivity index (χ4n) is 0.994. The first-order valence-corrected chi connectivity index (χ1v) is 3.64. The summed E-state index contributed by atoms with van der Waals surface area (Å²) in [6.07, 6.45) is 3.50. The molecular formula is C10H11NO. The van der Waals surface area contributed by atoms with E-state index >= 15 is 0 Å². The van der Waals surface area contributed by atoms with Crippen LogP contribution < -0.4 is 4.74 Å². The zero-order chi connectivity index (χ0) is 8.97. The van der Waals surface area contributed by atoms with E-state index in [-0.39, 0.29) is 0 Å². The van der Waals surface area contributed by atoms with E-state index < -0.39 is 0 Å². The zero-order valence-electron chi connectivity index (χ0n) is 7.29. The summed E-state index contributed by atoms with van der Waals surface area (Å²) in [6.45, 7) is 5.44. The number of aryl methyl sites for hydroxylation is 1. The molecular weight excluding hydrogens is 150 g/mol. The van der Waals surface area contributed by atoms with Crippen LogP contribution in [-0.4, -0.2) is 12.1 Å². The Morgan fingerprint density at radius 2 is 2.42 bits per heavy atom. The molecule has 1 rings (SSSR count). The lowest BCUT2D eigenvalue weighted by molar-refractivity contribution is 0.394. The van der Waals surface area contributed by atoms with Gasteiger partial charge in [-0.15, -0.1) is 5.73 Å². The number of ether oxygens (including phenoxy) is 1. The van der Waals surface area contributed by atoms with Crippen molar-refractivity contribution in [2.45, 2.75) is 6.92 Å². The molecule has 0 aliphatic heterocycles. The van der Waals surface area contributed by atoms with Crippen LogP contribution in [0, 0.1) is 6.92 Å². The predicted molar refractivity (Wildman–Crippen MR) is 49.1 cm³/mol. The van der Waals surface area contributed by atoms with Crippen molar-refractivity contribution in [3.63, 3.8) is 0 Å². The number of aromatic nitrogens is 1. The highest BCUT2D eigenvalue weighted by atomic mass is 16.5. The molecule has 0 unspecified atom stereocenters. The molecule has 0 radical (unpaired) electrons. The van der Waals surface area contributed by atoms with Gasteiger partial charge < -0.3 is 4.74 Å². The maximum Gasteiger partial charge on any atom is 0.215 e. The molecule has 0 aliphatic rings. The van der Waals surface area contributed by atoms with Crippen LogP contribution in [0.4, 0.5) is 0 Å². The lowest BCUT2D eigenvalue weighted by atomic mass is 10.2. The molecule has 1 aromatic heterocycles. The van der Waals surface area contributed by atoms with E-state index in [0.717, 1.165) is 11.1 Å². The third-order valence-electron chi connectivity index (χ3n) is 1.51. The molecule has 0 atom stereocenters. The van der Waals surface area contributed by atoms with Crippen LogP contribution in [0.15, 0.2) is 24.6 Å². The Morgan fingerprint density at radius 3 is 2.92 bits per heavy atom. The van der Waals surface area contributed by atoms with Crippen molar-refractivity contribution in [3.8, 4) is 5.88 Å². The average Bonchev–Trinajstić information content (AvgIpc) is 2.05. The van der Waals surface area contributed by atoms with Gasteiger partial charge in [0, 0.05) is 17.3 Å². The number of rotatable bonds is 2. The van der Waals surface area contributed by atoms with E-state index in [4.69, 9.17) is 4.74 Å². The molecule has 0 saturated carbocycles. The van der Waals surface area contributed by atoms with Crippen LogP contribution in [0.5, 0.6) is 5.88 Å². The molecule has 0 N–H and O–H groups in total. The van der Waals surface area contributed by atoms with E-state index in [1.807, 2.05) is 13.0 Å². The molecule has 0 aromatic carbocycles. The topological polar surface area (TPSA) is 22.1 Å². The second kappa shape index (κ2) is 3.74. The van der Waals surface area contributed by atoms with Gasteiger partial charge in [0.05, 0.1) is 7.11 Å². The molecule has 62 valence electrons. The number of methoxy groups -OCH3 is 1. The normalized spacial score (nSPS) is 8.83. The summed E-state index contributed by atoms with van der Waals surface area (Å²) in [5, 5.41) is 0. The van der Waals surface area contributed by atoms with E-state index in [1.54, 1.807) is 19.4 Å². The number of hydrogen-bond acceptors (Lipinski definition) is 2. The van der Waals surface area contributed by atoms with Crippen molar-refractivity contribution in [1.29, 1.82) is 0 Å². The summed E-state index contributed by atoms with van der Waals surface area (Å²) in [7, 11) is 1.61. The minimum atomic E-state index is 0.663. The van der Waals surface area contributed by atoms with Gasteiger partial charge in [0.1, 0.15) is 0 Å². The SMILES string of the molecule is C=C=Cc1cnc(OC)c(C)c1. The van der Waals surface area contributed by atoms with Gasteiger partial charge in [-0.2, -0.15) is 0 Å². The second-order valence-electron chi connectivity index (χ2n) is 2.44. The lowest BCUT2D eigenvalue weighted by Gasteiger charge is -2.02. The Morgan fingerprint density at radius 1 is 1.67 bits per heavy atom. The van der Waals surface area contributed by atoms with Gasteiger partial charge in [0.15, 0.2) is 0 Å². The van der Waals surface area contributed by atoms with E-state index in [9.17, 15) is 0 Å². The van der Waals surface area contributed by atoms with Crippen LogP contribution in [0.2, 0.25) is 0 Å². The first-order chi connectivity index (χ1) is 5.77. The van der Waals surface area contributed by atoms with E-state index in [1.165, 1.54) is 0 Å². The van der Waals surface area contributed by atoms with Crippen LogP contribution in [0.3, 0.4) is 0 Å². The standard InChI is InChI=1S/C10H11NO/c1-4-5-9-6-8(2)10(12-3)11-7-9/h5-7H,1H2,2-3H3. The quantitative estimate of drug-likeness (QED) is 0.620. The molecule has 0 spiro atoms. The fourth-order valence-corrected chi connectivity index (χ4v) is 0.994. The molecule has 1 heterocycles. The Labute approximate surface area is 72.2 Å². The first-order valence-electron chi connectivity index (χ1n) is 3.64. The molecule has 0 saturated heterocycles. The molecule has 1 aromatic rings. The Bertz CT molecular complexity index is 325. The Kier molecular flexibility index (Phi) is 2.67. The van der Waals surface area contributed by atoms with Crippen molar-refractivity contribution >= 4 is 6.08 Å². The zero-order valence-corrected chi connectivity index (χ0v) is 7.29. The van der Waals surface area contributed by atoms with Gasteiger partial charge in [-0.1, -0.05) is 6.58 Å². The fraction of sp³-hybridized carbons (Fsp3) is 0.200. The molecule has 0 aliphatic carbocycles. The Balaban J connectivity index is 3.09. The smallest absolute Gasteiger partial charge is 0.215 e. The summed E-state index contributed by atoms with van der Waals surface area (Å²) in [5.41, 5.74) is 4.70. The van der Waals surface area contributed by atoms with Gasteiger partial charge in [0.25, 0.3) is 0 Å². The molecule has 2 nitrogen and oxygen atoms in total. The monoisotopic (exact) mass is 161 g/mol. The van der Waals surface area contributed by atoms with Crippen LogP contribution in [0.25, 0.3) is 6.08 Å². The van der Waals surface area contributed by atoms with Crippen molar-refractivity contribution in [1.82, 2.24) is 4.98 Å². The summed E-state index contributed by atoms with van der Waals surface area (Å²) >= 11 is 0. The van der Waals surface area contributed by atoms with Gasteiger partial charge >= 0.3 is 0 Å². The molecule has 2 heteroatoms. The van der Waals surface area contributed by atoms with Crippen molar-refractivity contribution in [2.24, 2.45) is 0 Å². The highest BCUT2D eigenvalue weighted by molar-refractivity contribution is 5.49. The van der Waals surface area contributed by atoms with Crippen molar-refractivity contribution in [3.05, 3.63) is 35.7 Å². The maximum atomic E-state index is 5.02. The summed E-state index contributed by atoms with van der Waals surface area (Å²) in [4.78, 5) is 4.09. The van der Waals surface area contributed by atoms with Crippen LogP contribution in [0.1, 0.15) is 11.1 Å². The van der Waals surface area contributed by atoms with Crippen molar-refractivity contribution < 1.29 is 4.74 Å². The predicted octanol–water partition coefficient (Wildman–Crippen LogP) is 2.20. The highest BCUT2D eigenvalue weighted by Crippen LogP contribution is 2.14. The third-order valence-corrected chi connectivity index (χ3v) is 1.51. The molecule has 12 heavy (non-hydrogen) atoms. The van der Waals surface area contributed by atoms with Gasteiger partial charge in [-0.3, -0.25) is 0 Å². The van der Waals surface area contributed by atoms with Gasteiger partial charge in [-0.25, -0.2) is 4.98 Å².